The molecule has 0 spiro atoms. The largest absolute Gasteiger partial charge is 0.508 e. The summed E-state index contributed by atoms with van der Waals surface area (Å²) < 4.78 is 39.6. The van der Waals surface area contributed by atoms with Crippen LogP contribution in [0.15, 0.2) is 78.9 Å². The maximum atomic E-state index is 16.3. The second-order valence-electron chi connectivity index (χ2n) is 30.9. The van der Waals surface area contributed by atoms with Crippen LogP contribution in [0.1, 0.15) is 209 Å². The van der Waals surface area contributed by atoms with E-state index in [0.29, 0.717) is 19.4 Å². The molecule has 5 aromatic carbocycles. The van der Waals surface area contributed by atoms with Crippen molar-refractivity contribution in [2.45, 2.75) is 248 Å². The zero-order valence-electron chi connectivity index (χ0n) is 64.4. The van der Waals surface area contributed by atoms with E-state index in [2.05, 4.69) is 33.5 Å². The van der Waals surface area contributed by atoms with Gasteiger partial charge in [0.15, 0.2) is 41.5 Å². The summed E-state index contributed by atoms with van der Waals surface area (Å²) in [7, 11) is 0. The summed E-state index contributed by atoms with van der Waals surface area (Å²) in [5.74, 6) is -18.7. The number of phenols is 3. The number of carbonyl (C=O) groups excluding carboxylic acids is 7. The van der Waals surface area contributed by atoms with Crippen molar-refractivity contribution >= 4 is 70.3 Å². The lowest BCUT2D eigenvalue weighted by Gasteiger charge is -2.48. The minimum atomic E-state index is -2.24. The molecule has 2 fully saturated rings. The highest BCUT2D eigenvalue weighted by molar-refractivity contribution is 6.32. The number of nitrogens with one attached hydrogen (secondary N) is 5. The highest BCUT2D eigenvalue weighted by Crippen LogP contribution is 2.51. The smallest absolute Gasteiger partial charge is 0.330 e. The van der Waals surface area contributed by atoms with Crippen molar-refractivity contribution in [1.82, 2.24) is 26.6 Å². The van der Waals surface area contributed by atoms with Crippen LogP contribution in [0.5, 0.6) is 46.0 Å². The second kappa shape index (κ2) is 38.8. The monoisotopic (exact) mass is 1630 g/mol. The number of hydrogen-bond acceptors (Lipinski definition) is 24. The molecule has 18 atom stereocenters. The van der Waals surface area contributed by atoms with Crippen molar-refractivity contribution in [2.24, 2.45) is 23.5 Å². The maximum Gasteiger partial charge on any atom is 0.330 e. The van der Waals surface area contributed by atoms with Gasteiger partial charge in [0.25, 0.3) is 0 Å². The van der Waals surface area contributed by atoms with E-state index in [1.54, 1.807) is 20.8 Å². The zero-order chi connectivity index (χ0) is 82.7. The Morgan fingerprint density at radius 2 is 1.30 bits per heavy atom. The molecule has 0 aliphatic carbocycles. The first-order valence-corrected chi connectivity index (χ1v) is 39.7. The molecule has 5 aromatic rings. The molecule has 32 heteroatoms. The number of halogens is 2. The summed E-state index contributed by atoms with van der Waals surface area (Å²) in [6.07, 6.45) is -6.97. The molecule has 114 heavy (non-hydrogen) atoms. The summed E-state index contributed by atoms with van der Waals surface area (Å²) >= 11 is 14.3. The second-order valence-corrected chi connectivity index (χ2v) is 31.8. The fourth-order valence-electron chi connectivity index (χ4n) is 15.5. The number of nitrogens with two attached hydrogens (primary N) is 1. The van der Waals surface area contributed by atoms with Crippen LogP contribution in [0.2, 0.25) is 10.0 Å². The molecule has 5 amide bonds. The molecule has 7 aliphatic heterocycles. The molecule has 0 aromatic heterocycles. The van der Waals surface area contributed by atoms with Gasteiger partial charge in [-0.2, -0.15) is 0 Å². The number of aliphatic hydroxyl groups is 6. The number of benzene rings is 5. The number of carbonyl (C=O) groups is 8. The van der Waals surface area contributed by atoms with E-state index in [4.69, 9.17) is 57.4 Å². The number of aliphatic hydroxyl groups excluding tert-OH is 6. The van der Waals surface area contributed by atoms with Crippen LogP contribution in [-0.4, -0.2) is 178 Å². The molecule has 11 bridgehead atoms. The van der Waals surface area contributed by atoms with E-state index in [0.717, 1.165) is 74.6 Å². The topological polar surface area (TPSA) is 480 Å². The van der Waals surface area contributed by atoms with Crippen molar-refractivity contribution in [1.29, 1.82) is 0 Å². The number of hydrogen-bond donors (Lipinski definition) is 16. The molecule has 0 radical (unpaired) electrons. The lowest BCUT2D eigenvalue weighted by Crippen LogP contribution is -2.65. The van der Waals surface area contributed by atoms with Crippen molar-refractivity contribution in [3.63, 3.8) is 0 Å². The first kappa shape index (κ1) is 87.6. The third-order valence-electron chi connectivity index (χ3n) is 21.9. The molecule has 7 aliphatic rings. The van der Waals surface area contributed by atoms with Crippen LogP contribution in [0, 0.1) is 17.8 Å². The highest BCUT2D eigenvalue weighted by atomic mass is 35.5. The van der Waals surface area contributed by atoms with E-state index < -0.39 is 238 Å². The Morgan fingerprint density at radius 1 is 0.684 bits per heavy atom. The Morgan fingerprint density at radius 3 is 1.89 bits per heavy atom. The number of aliphatic carboxylic acids is 1. The SMILES string of the molecule is CCCCCCCCCCCCCN[C@@]1(C)C[C@H](O[C@H]2[C@H](Oc3c4cc5cc3Oc3ccc(cc3Cl)[C@@H](O)[C@@H](NC(=O)[C@H](CC)CC(C)C)C(=O)C[C@@H](CC(N)=O)C(=O)N[C@H]5C(=O)CC3C(=O)N[C@H](C(=O)N[C@H](C(=O)O)c5cc(O)cc(O)c5-c5cc3ccc5O)[C@H](O)c3ccc(c(Cl)c3)O4)O[C@H](CO)[C@@H](O)[C@@H]2O)O[C@@H](C)[C@H]1O. The number of unbranched alkanes of at least 4 members (excludes halogenated alkanes) is 10. The fraction of sp³-hybridized carbons (Fsp3) is 0.537. The van der Waals surface area contributed by atoms with Crippen molar-refractivity contribution < 1.29 is 118 Å². The Hall–Kier alpha value is -8.76. The summed E-state index contributed by atoms with van der Waals surface area (Å²) in [4.78, 5) is 118. The molecule has 1 unspecified atom stereocenters. The van der Waals surface area contributed by atoms with E-state index in [1.807, 2.05) is 13.8 Å². The van der Waals surface area contributed by atoms with Crippen LogP contribution < -0.4 is 46.5 Å². The van der Waals surface area contributed by atoms with Crippen molar-refractivity contribution in [2.75, 3.05) is 13.2 Å². The van der Waals surface area contributed by atoms with Crippen LogP contribution >= 0.6 is 23.2 Å². The Labute approximate surface area is 669 Å². The van der Waals surface area contributed by atoms with Crippen LogP contribution in [0.25, 0.3) is 11.1 Å². The molecule has 30 nitrogen and oxygen atoms in total. The van der Waals surface area contributed by atoms with Crippen LogP contribution in [0.3, 0.4) is 0 Å². The van der Waals surface area contributed by atoms with Crippen molar-refractivity contribution in [3.8, 4) is 57.1 Å². The van der Waals surface area contributed by atoms with E-state index in [9.17, 15) is 70.2 Å². The van der Waals surface area contributed by atoms with E-state index in [1.165, 1.54) is 74.9 Å². The molecular formula is C82H104Cl2N6O24. The zero-order valence-corrected chi connectivity index (χ0v) is 65.9. The van der Waals surface area contributed by atoms with Gasteiger partial charge in [-0.1, -0.05) is 133 Å². The lowest BCUT2D eigenvalue weighted by molar-refractivity contribution is -0.334. The van der Waals surface area contributed by atoms with Gasteiger partial charge in [0, 0.05) is 59.9 Å². The molecule has 0 saturated carbocycles. The first-order chi connectivity index (χ1) is 54.2. The number of Topliss-reactive ketones (excluding diaryl/α,β-unsaturated/α-hetero) is 2. The number of primary amides is 1. The Kier molecular flexibility index (Phi) is 29.8. The van der Waals surface area contributed by atoms with Gasteiger partial charge >= 0.3 is 5.97 Å². The first-order valence-electron chi connectivity index (χ1n) is 38.9. The maximum absolute atomic E-state index is 16.3. The molecular weight excluding hydrogens is 1520 g/mol. The minimum Gasteiger partial charge on any atom is -0.508 e. The van der Waals surface area contributed by atoms with Gasteiger partial charge in [0.2, 0.25) is 41.6 Å². The molecule has 17 N–H and O–H groups in total. The predicted octanol–water partition coefficient (Wildman–Crippen LogP) is 8.46. The number of ether oxygens (including phenoxy) is 6. The summed E-state index contributed by atoms with van der Waals surface area (Å²) in [6.45, 7) is 10.7. The van der Waals surface area contributed by atoms with Crippen LogP contribution in [-0.2, 0) is 52.6 Å². The quantitative estimate of drug-likeness (QED) is 0.0231. The van der Waals surface area contributed by atoms with Gasteiger partial charge < -0.3 is 112 Å². The van der Waals surface area contributed by atoms with E-state index >= 15 is 19.2 Å². The third-order valence-corrected chi connectivity index (χ3v) is 22.5. The predicted molar refractivity (Wildman–Crippen MR) is 413 cm³/mol. The Balaban J connectivity index is 1.15. The summed E-state index contributed by atoms with van der Waals surface area (Å²) in [6, 6.07) is 5.94. The third kappa shape index (κ3) is 20.7. The van der Waals surface area contributed by atoms with Gasteiger partial charge in [-0.15, -0.1) is 0 Å². The number of ketones is 2. The lowest BCUT2D eigenvalue weighted by atomic mass is 9.84. The fourth-order valence-corrected chi connectivity index (χ4v) is 16.0. The molecule has 2 saturated heterocycles. The number of fused-ring (bicyclic) bond motifs is 15. The average Bonchev–Trinajstić information content (AvgIpc) is 0.764. The average molecular weight is 1630 g/mol. The van der Waals surface area contributed by atoms with E-state index in [-0.39, 0.29) is 51.1 Å². The number of rotatable bonds is 26. The summed E-state index contributed by atoms with van der Waals surface area (Å²) in [5.41, 5.74) is 2.43. The molecule has 7 heterocycles. The molecule has 12 rings (SSSR count). The number of carboxylic acid groups (broad SMARTS) is 1. The highest BCUT2D eigenvalue weighted by Gasteiger charge is 2.52. The van der Waals surface area contributed by atoms with Gasteiger partial charge in [0.1, 0.15) is 77.4 Å². The number of amides is 5. The number of phenolic OH excluding ortho intramolecular Hbond substituents is 3. The normalized spacial score (nSPS) is 27.6. The standard InChI is InChI=1S/C82H104Cl2N6O24/c1-7-9-10-11-12-13-14-15-16-17-18-25-86-82(6)37-63(109-40(5)75(82)102)113-74-72(101)71(100)61(38-91)112-81(74)114-73-59-31-45-32-60(73)111-58-24-21-44(29-52(58)84)70(99)68-79(106)88-66(80(107)108)50-34-47(92)35-54(94)64(50)49-27-42(19-22-53(49)93)48(78(105)90-68)36-56(96)65(45)87-77(104)46(33-62(85)97)30-55(95)67(89-76(103)41(8-2)26-39(3)4)69(98)43-20-23-57(110-59)51(83)28-43/h19-24,27-29,31-32,34-35,39-41,46,48,61,63,65-72,74-75,81,86,91-94,98-102H,7-18,25-26,30,33,36-38H2,1-6H3,(H2,85,97)(H,87,104)(H,88,106)(H,89,103)(H,90,105)(H,107,108)/t40-,41+,46-,48?,61+,63-,65+,66-,67-,68-,69+,70+,71+,72-,74+,75+,81-,82-/m0/s1. The van der Waals surface area contributed by atoms with Crippen LogP contribution in [0.4, 0.5) is 0 Å². The number of aromatic hydroxyl groups is 3. The van der Waals surface area contributed by atoms with Gasteiger partial charge in [0.05, 0.1) is 40.7 Å². The van der Waals surface area contributed by atoms with Crippen molar-refractivity contribution in [3.05, 3.63) is 117 Å². The van der Waals surface area contributed by atoms with Gasteiger partial charge in [-0.3, -0.25) is 33.6 Å². The molecule has 620 valence electrons. The Bertz CT molecular complexity index is 4320. The number of carboxylic acids is 1. The summed E-state index contributed by atoms with van der Waals surface area (Å²) in [5, 5.41) is 129. The van der Waals surface area contributed by atoms with Gasteiger partial charge in [-0.05, 0) is 122 Å². The van der Waals surface area contributed by atoms with Gasteiger partial charge in [-0.25, -0.2) is 4.79 Å². The minimum absolute atomic E-state index is 0.0143.